The monoisotopic (exact) mass is 359 g/mol. The van der Waals surface area contributed by atoms with Gasteiger partial charge in [0, 0.05) is 19.5 Å². The molecule has 1 aliphatic heterocycles. The van der Waals surface area contributed by atoms with Crippen LogP contribution in [-0.4, -0.2) is 48.4 Å². The van der Waals surface area contributed by atoms with E-state index in [4.69, 9.17) is 0 Å². The third kappa shape index (κ3) is 5.35. The predicted molar refractivity (Wildman–Crippen MR) is 99.3 cm³/mol. The molecule has 5 nitrogen and oxygen atoms in total. The average molecular weight is 360 g/mol. The van der Waals surface area contributed by atoms with Gasteiger partial charge in [-0.25, -0.2) is 0 Å². The van der Waals surface area contributed by atoms with Gasteiger partial charge in [-0.3, -0.25) is 9.59 Å². The highest BCUT2D eigenvalue weighted by Crippen LogP contribution is 2.30. The molecule has 0 aromatic heterocycles. The third-order valence-electron chi connectivity index (χ3n) is 5.49. The molecule has 140 valence electrons. The number of carbonyl (C=O) groups is 2. The van der Waals surface area contributed by atoms with Gasteiger partial charge < -0.3 is 15.5 Å². The zero-order valence-electron chi connectivity index (χ0n) is 15.2. The van der Waals surface area contributed by atoms with E-state index in [0.717, 1.165) is 58.0 Å². The van der Waals surface area contributed by atoms with Crippen LogP contribution in [0.1, 0.15) is 65.2 Å². The first-order chi connectivity index (χ1) is 11.1. The average Bonchev–Trinajstić information content (AvgIpc) is 3.08. The van der Waals surface area contributed by atoms with Crippen molar-refractivity contribution in [1.29, 1.82) is 0 Å². The van der Waals surface area contributed by atoms with Gasteiger partial charge in [0.15, 0.2) is 0 Å². The molecule has 0 bridgehead atoms. The molecule has 24 heavy (non-hydrogen) atoms. The highest BCUT2D eigenvalue weighted by atomic mass is 35.5. The van der Waals surface area contributed by atoms with E-state index >= 15 is 0 Å². The normalized spacial score (nSPS) is 22.5. The third-order valence-corrected chi connectivity index (χ3v) is 5.49. The summed E-state index contributed by atoms with van der Waals surface area (Å²) in [6.07, 6.45) is 7.43. The molecular formula is C18H34ClN3O2. The van der Waals surface area contributed by atoms with Crippen LogP contribution in [0.15, 0.2) is 0 Å². The minimum atomic E-state index is -0.644. The van der Waals surface area contributed by atoms with Crippen LogP contribution in [0.3, 0.4) is 0 Å². The number of amides is 2. The molecule has 1 atom stereocenters. The smallest absolute Gasteiger partial charge is 0.248 e. The Hall–Kier alpha value is -0.810. The first kappa shape index (κ1) is 21.2. The van der Waals surface area contributed by atoms with E-state index in [9.17, 15) is 9.59 Å². The van der Waals surface area contributed by atoms with Crippen LogP contribution in [0.25, 0.3) is 0 Å². The number of halogens is 1. The van der Waals surface area contributed by atoms with Gasteiger partial charge in [-0.05, 0) is 58.5 Å². The lowest BCUT2D eigenvalue weighted by Gasteiger charge is -2.40. The van der Waals surface area contributed by atoms with E-state index < -0.39 is 5.54 Å². The topological polar surface area (TPSA) is 61.4 Å². The van der Waals surface area contributed by atoms with E-state index in [0.29, 0.717) is 25.4 Å². The molecule has 2 rings (SSSR count). The number of carbonyl (C=O) groups excluding carboxylic acids is 2. The summed E-state index contributed by atoms with van der Waals surface area (Å²) in [6, 6.07) is 0. The summed E-state index contributed by atoms with van der Waals surface area (Å²) in [7, 11) is 0. The summed E-state index contributed by atoms with van der Waals surface area (Å²) in [5.74, 6) is 0.791. The van der Waals surface area contributed by atoms with Gasteiger partial charge in [0.2, 0.25) is 11.8 Å². The second-order valence-corrected chi connectivity index (χ2v) is 7.07. The Bertz CT molecular complexity index is 401. The summed E-state index contributed by atoms with van der Waals surface area (Å²) in [4.78, 5) is 27.3. The molecule has 2 N–H and O–H groups in total. The highest BCUT2D eigenvalue weighted by Gasteiger charge is 2.42. The molecule has 1 saturated heterocycles. The largest absolute Gasteiger partial charge is 0.342 e. The predicted octanol–water partition coefficient (Wildman–Crippen LogP) is 2.49. The first-order valence-electron chi connectivity index (χ1n) is 9.42. The Balaban J connectivity index is 0.00000288. The molecule has 2 amide bonds. The fourth-order valence-electron chi connectivity index (χ4n) is 3.99. The summed E-state index contributed by atoms with van der Waals surface area (Å²) in [6.45, 7) is 7.52. The second-order valence-electron chi connectivity index (χ2n) is 7.07. The van der Waals surface area contributed by atoms with Crippen LogP contribution >= 0.6 is 12.4 Å². The Morgan fingerprint density at radius 1 is 1.17 bits per heavy atom. The van der Waals surface area contributed by atoms with E-state index in [2.05, 4.69) is 10.6 Å². The van der Waals surface area contributed by atoms with E-state index in [1.807, 2.05) is 18.7 Å². The minimum Gasteiger partial charge on any atom is -0.342 e. The molecule has 0 aromatic carbocycles. The van der Waals surface area contributed by atoms with Crippen LogP contribution in [0.4, 0.5) is 0 Å². The van der Waals surface area contributed by atoms with E-state index in [-0.39, 0.29) is 24.2 Å². The van der Waals surface area contributed by atoms with Crippen molar-refractivity contribution in [2.24, 2.45) is 5.92 Å². The Kier molecular flexibility index (Phi) is 9.06. The van der Waals surface area contributed by atoms with Gasteiger partial charge in [0.05, 0.1) is 0 Å². The van der Waals surface area contributed by atoms with E-state index in [1.165, 1.54) is 0 Å². The number of nitrogens with one attached hydrogen (secondary N) is 2. The maximum absolute atomic E-state index is 13.0. The van der Waals surface area contributed by atoms with Gasteiger partial charge in [-0.1, -0.05) is 19.3 Å². The minimum absolute atomic E-state index is 0. The van der Waals surface area contributed by atoms with Gasteiger partial charge in [-0.2, -0.15) is 0 Å². The molecule has 0 spiro atoms. The lowest BCUT2D eigenvalue weighted by atomic mass is 9.80. The summed E-state index contributed by atoms with van der Waals surface area (Å²) >= 11 is 0. The molecule has 1 aliphatic carbocycles. The maximum Gasteiger partial charge on any atom is 0.248 e. The second kappa shape index (κ2) is 10.2. The fraction of sp³-hybridized carbons (Fsp3) is 0.889. The van der Waals surface area contributed by atoms with Crippen molar-refractivity contribution in [1.82, 2.24) is 15.5 Å². The Labute approximate surface area is 152 Å². The van der Waals surface area contributed by atoms with Crippen molar-refractivity contribution in [3.8, 4) is 0 Å². The van der Waals surface area contributed by atoms with Crippen molar-refractivity contribution < 1.29 is 9.59 Å². The van der Waals surface area contributed by atoms with Gasteiger partial charge in [0.25, 0.3) is 0 Å². The molecule has 0 aromatic rings. The number of hydrogen-bond acceptors (Lipinski definition) is 3. The number of likely N-dealkylation sites (N-methyl/N-ethyl adjacent to an activating group) is 1. The SMILES string of the molecule is CCN(CC)C(=O)C1(NC(=O)CCC2CCNC2)CCCCC1.Cl. The van der Waals surface area contributed by atoms with Crippen LogP contribution in [0, 0.1) is 5.92 Å². The van der Waals surface area contributed by atoms with Crippen LogP contribution in [-0.2, 0) is 9.59 Å². The Morgan fingerprint density at radius 2 is 1.83 bits per heavy atom. The highest BCUT2D eigenvalue weighted by molar-refractivity contribution is 5.91. The number of hydrogen-bond donors (Lipinski definition) is 2. The van der Waals surface area contributed by atoms with Crippen LogP contribution < -0.4 is 10.6 Å². The summed E-state index contributed by atoms with van der Waals surface area (Å²) in [5.41, 5.74) is -0.644. The Morgan fingerprint density at radius 3 is 2.38 bits per heavy atom. The lowest BCUT2D eigenvalue weighted by Crippen LogP contribution is -2.60. The van der Waals surface area contributed by atoms with Gasteiger partial charge in [0.1, 0.15) is 5.54 Å². The molecular weight excluding hydrogens is 326 g/mol. The zero-order valence-corrected chi connectivity index (χ0v) is 16.1. The van der Waals surface area contributed by atoms with Crippen LogP contribution in [0.5, 0.6) is 0 Å². The van der Waals surface area contributed by atoms with Crippen molar-refractivity contribution in [3.05, 3.63) is 0 Å². The zero-order chi connectivity index (χ0) is 16.7. The molecule has 1 unspecified atom stereocenters. The standard InChI is InChI=1S/C18H33N3O2.ClH/c1-3-21(4-2)17(23)18(11-6-5-7-12-18)20-16(22)9-8-15-10-13-19-14-15;/h15,19H,3-14H2,1-2H3,(H,20,22);1H. The summed E-state index contributed by atoms with van der Waals surface area (Å²) < 4.78 is 0. The maximum atomic E-state index is 13.0. The van der Waals surface area contributed by atoms with Crippen molar-refractivity contribution in [2.45, 2.75) is 70.8 Å². The molecule has 2 fully saturated rings. The molecule has 1 heterocycles. The fourth-order valence-corrected chi connectivity index (χ4v) is 3.99. The van der Waals surface area contributed by atoms with E-state index in [1.54, 1.807) is 0 Å². The lowest BCUT2D eigenvalue weighted by molar-refractivity contribution is -0.143. The summed E-state index contributed by atoms with van der Waals surface area (Å²) in [5, 5.41) is 6.50. The molecule has 6 heteroatoms. The van der Waals surface area contributed by atoms with Gasteiger partial charge in [-0.15, -0.1) is 12.4 Å². The quantitative estimate of drug-likeness (QED) is 0.734. The first-order valence-corrected chi connectivity index (χ1v) is 9.42. The molecule has 0 radical (unpaired) electrons. The number of rotatable bonds is 7. The molecule has 2 aliphatic rings. The van der Waals surface area contributed by atoms with Gasteiger partial charge >= 0.3 is 0 Å². The van der Waals surface area contributed by atoms with Crippen molar-refractivity contribution in [2.75, 3.05) is 26.2 Å². The molecule has 1 saturated carbocycles. The van der Waals surface area contributed by atoms with Crippen LogP contribution in [0.2, 0.25) is 0 Å². The van der Waals surface area contributed by atoms with Crippen molar-refractivity contribution in [3.63, 3.8) is 0 Å². The van der Waals surface area contributed by atoms with Crippen molar-refractivity contribution >= 4 is 24.2 Å². The number of nitrogens with zero attached hydrogens (tertiary/aromatic N) is 1.